The fourth-order valence-electron chi connectivity index (χ4n) is 2.38. The average Bonchev–Trinajstić information content (AvgIpc) is 2.44. The lowest BCUT2D eigenvalue weighted by atomic mass is 10.0. The molecule has 0 fully saturated rings. The second-order valence-corrected chi connectivity index (χ2v) is 6.30. The van der Waals surface area contributed by atoms with E-state index in [1.54, 1.807) is 6.07 Å². The Morgan fingerprint density at radius 1 is 1.20 bits per heavy atom. The summed E-state index contributed by atoms with van der Waals surface area (Å²) >= 11 is 1.44. The summed E-state index contributed by atoms with van der Waals surface area (Å²) in [4.78, 5) is 1.65. The van der Waals surface area contributed by atoms with Gasteiger partial charge in [-0.05, 0) is 31.0 Å². The van der Waals surface area contributed by atoms with Crippen LogP contribution in [0.4, 0.5) is 4.39 Å². The van der Waals surface area contributed by atoms with E-state index in [9.17, 15) is 14.6 Å². The Morgan fingerprint density at radius 3 is 2.70 bits per heavy atom. The number of unbranched alkanes of at least 4 members (excludes halogenated alkanes) is 4. The van der Waals surface area contributed by atoms with Gasteiger partial charge in [0, 0.05) is 15.4 Å². The number of thioether (sulfide) groups is 1. The highest BCUT2D eigenvalue weighted by Crippen LogP contribution is 2.44. The second kappa shape index (κ2) is 7.14. The predicted molar refractivity (Wildman–Crippen MR) is 80.2 cm³/mol. The summed E-state index contributed by atoms with van der Waals surface area (Å²) in [5.41, 5.74) is 0.460. The molecule has 0 aliphatic carbocycles. The van der Waals surface area contributed by atoms with Crippen molar-refractivity contribution in [1.29, 1.82) is 0 Å². The Morgan fingerprint density at radius 2 is 1.95 bits per heavy atom. The van der Waals surface area contributed by atoms with E-state index in [1.165, 1.54) is 43.2 Å². The molecule has 4 heteroatoms. The van der Waals surface area contributed by atoms with Crippen LogP contribution in [-0.4, -0.2) is 10.2 Å². The molecular formula is C16H21FO2S. The number of aliphatic hydroxyl groups excluding tert-OH is 2. The molecule has 0 radical (unpaired) electrons. The molecule has 1 heterocycles. The van der Waals surface area contributed by atoms with Gasteiger partial charge in [-0.15, -0.1) is 0 Å². The van der Waals surface area contributed by atoms with Crippen molar-refractivity contribution in [2.75, 3.05) is 0 Å². The van der Waals surface area contributed by atoms with Gasteiger partial charge in [0.2, 0.25) is 0 Å². The molecule has 0 saturated heterocycles. The van der Waals surface area contributed by atoms with Crippen LogP contribution in [0.5, 0.6) is 0 Å². The zero-order valence-corrected chi connectivity index (χ0v) is 12.5. The van der Waals surface area contributed by atoms with Crippen molar-refractivity contribution in [3.63, 3.8) is 0 Å². The predicted octanol–water partition coefficient (Wildman–Crippen LogP) is 5.09. The minimum absolute atomic E-state index is 0.0106. The summed E-state index contributed by atoms with van der Waals surface area (Å²) < 4.78 is 13.2. The van der Waals surface area contributed by atoms with Gasteiger partial charge in [-0.2, -0.15) is 0 Å². The maximum absolute atomic E-state index is 13.2. The molecule has 1 aromatic rings. The monoisotopic (exact) mass is 296 g/mol. The molecule has 2 N–H and O–H groups in total. The molecule has 0 spiro atoms. The summed E-state index contributed by atoms with van der Waals surface area (Å²) in [6, 6.07) is 4.35. The third kappa shape index (κ3) is 3.55. The Kier molecular flexibility index (Phi) is 5.49. The summed E-state index contributed by atoms with van der Waals surface area (Å²) in [6.45, 7) is 2.18. The normalized spacial score (nSPS) is 18.2. The van der Waals surface area contributed by atoms with E-state index in [0.29, 0.717) is 5.56 Å². The van der Waals surface area contributed by atoms with E-state index in [-0.39, 0.29) is 11.6 Å². The average molecular weight is 296 g/mol. The van der Waals surface area contributed by atoms with E-state index < -0.39 is 6.10 Å². The van der Waals surface area contributed by atoms with Crippen molar-refractivity contribution in [2.24, 2.45) is 0 Å². The molecule has 2 rings (SSSR count). The van der Waals surface area contributed by atoms with Crippen molar-refractivity contribution in [3.05, 3.63) is 40.2 Å². The molecule has 1 aromatic carbocycles. The number of benzene rings is 1. The van der Waals surface area contributed by atoms with E-state index in [1.807, 2.05) is 0 Å². The van der Waals surface area contributed by atoms with Gasteiger partial charge in [0.15, 0.2) is 0 Å². The Balaban J connectivity index is 2.01. The van der Waals surface area contributed by atoms with Crippen LogP contribution in [0.25, 0.3) is 0 Å². The smallest absolute Gasteiger partial charge is 0.138 e. The maximum Gasteiger partial charge on any atom is 0.138 e. The number of hydrogen-bond acceptors (Lipinski definition) is 3. The second-order valence-electron chi connectivity index (χ2n) is 5.16. The lowest BCUT2D eigenvalue weighted by molar-refractivity contribution is 0.149. The van der Waals surface area contributed by atoms with Crippen LogP contribution in [0.15, 0.2) is 33.8 Å². The van der Waals surface area contributed by atoms with E-state index in [2.05, 4.69) is 6.92 Å². The van der Waals surface area contributed by atoms with Gasteiger partial charge in [0.25, 0.3) is 0 Å². The SMILES string of the molecule is CCCCCCCC1=C(O)C(O)c2cc(F)ccc2S1. The third-order valence-electron chi connectivity index (χ3n) is 3.55. The molecule has 1 atom stereocenters. The quantitative estimate of drug-likeness (QED) is 0.718. The molecular weight excluding hydrogens is 275 g/mol. The van der Waals surface area contributed by atoms with E-state index in [4.69, 9.17) is 0 Å². The summed E-state index contributed by atoms with van der Waals surface area (Å²) in [7, 11) is 0. The molecule has 0 aromatic heterocycles. The fourth-order valence-corrected chi connectivity index (χ4v) is 3.53. The first-order chi connectivity index (χ1) is 9.63. The highest BCUT2D eigenvalue weighted by Gasteiger charge is 2.26. The molecule has 0 bridgehead atoms. The van der Waals surface area contributed by atoms with Gasteiger partial charge in [-0.3, -0.25) is 0 Å². The summed E-state index contributed by atoms with van der Waals surface area (Å²) in [6.07, 6.45) is 5.48. The summed E-state index contributed by atoms with van der Waals surface area (Å²) in [5, 5.41) is 20.1. The molecule has 1 aliphatic heterocycles. The Bertz CT molecular complexity index is 499. The number of hydrogen-bond donors (Lipinski definition) is 2. The highest BCUT2D eigenvalue weighted by molar-refractivity contribution is 8.03. The minimum Gasteiger partial charge on any atom is -0.508 e. The molecule has 20 heavy (non-hydrogen) atoms. The van der Waals surface area contributed by atoms with Crippen LogP contribution in [-0.2, 0) is 0 Å². The number of halogens is 1. The van der Waals surface area contributed by atoms with Gasteiger partial charge < -0.3 is 10.2 Å². The zero-order valence-electron chi connectivity index (χ0n) is 11.7. The highest BCUT2D eigenvalue weighted by atomic mass is 32.2. The zero-order chi connectivity index (χ0) is 14.5. The Hall–Kier alpha value is -1.000. The first-order valence-electron chi connectivity index (χ1n) is 7.21. The van der Waals surface area contributed by atoms with Crippen molar-refractivity contribution >= 4 is 11.8 Å². The Labute approximate surface area is 123 Å². The molecule has 2 nitrogen and oxygen atoms in total. The van der Waals surface area contributed by atoms with Crippen molar-refractivity contribution in [3.8, 4) is 0 Å². The van der Waals surface area contributed by atoms with Crippen LogP contribution in [0.1, 0.15) is 57.1 Å². The van der Waals surface area contributed by atoms with Crippen molar-refractivity contribution in [1.82, 2.24) is 0 Å². The van der Waals surface area contributed by atoms with Crippen LogP contribution >= 0.6 is 11.8 Å². The van der Waals surface area contributed by atoms with Gasteiger partial charge in [-0.1, -0.05) is 44.4 Å². The minimum atomic E-state index is -1.09. The number of aliphatic hydroxyl groups is 2. The first kappa shape index (κ1) is 15.4. The van der Waals surface area contributed by atoms with Crippen molar-refractivity contribution in [2.45, 2.75) is 56.4 Å². The molecule has 0 amide bonds. The summed E-state index contributed by atoms with van der Waals surface area (Å²) in [5.74, 6) is -0.400. The lowest BCUT2D eigenvalue weighted by Gasteiger charge is -2.23. The van der Waals surface area contributed by atoms with Crippen LogP contribution in [0.3, 0.4) is 0 Å². The molecule has 1 unspecified atom stereocenters. The van der Waals surface area contributed by atoms with Crippen LogP contribution < -0.4 is 0 Å². The lowest BCUT2D eigenvalue weighted by Crippen LogP contribution is -2.10. The van der Waals surface area contributed by atoms with Crippen molar-refractivity contribution < 1.29 is 14.6 Å². The first-order valence-corrected chi connectivity index (χ1v) is 8.02. The van der Waals surface area contributed by atoms with Gasteiger partial charge in [-0.25, -0.2) is 4.39 Å². The van der Waals surface area contributed by atoms with Crippen LogP contribution in [0.2, 0.25) is 0 Å². The largest absolute Gasteiger partial charge is 0.508 e. The van der Waals surface area contributed by atoms with E-state index >= 15 is 0 Å². The topological polar surface area (TPSA) is 40.5 Å². The maximum atomic E-state index is 13.2. The van der Waals surface area contributed by atoms with E-state index in [0.717, 1.165) is 29.1 Å². The molecule has 1 aliphatic rings. The molecule has 110 valence electrons. The van der Waals surface area contributed by atoms with Gasteiger partial charge in [0.1, 0.15) is 17.7 Å². The number of rotatable bonds is 6. The van der Waals surface area contributed by atoms with Gasteiger partial charge in [0.05, 0.1) is 0 Å². The third-order valence-corrected chi connectivity index (χ3v) is 4.80. The number of allylic oxidation sites excluding steroid dienone is 1. The standard InChI is InChI=1S/C16H21FO2S/c1-2-3-4-5-6-7-14-16(19)15(18)12-10-11(17)8-9-13(12)20-14/h8-10,15,18-19H,2-7H2,1H3. The number of fused-ring (bicyclic) bond motifs is 1. The van der Waals surface area contributed by atoms with Crippen LogP contribution in [0, 0.1) is 5.82 Å². The fraction of sp³-hybridized carbons (Fsp3) is 0.500. The molecule has 0 saturated carbocycles. The van der Waals surface area contributed by atoms with Gasteiger partial charge >= 0.3 is 0 Å².